The SMILES string of the molecule is N#CCCN(CC(=O)C=O)CC(=O)C=O. The summed E-state index contributed by atoms with van der Waals surface area (Å²) in [6.07, 6.45) is 0.411. The topological polar surface area (TPSA) is 95.3 Å². The third-order valence-electron chi connectivity index (χ3n) is 1.56. The van der Waals surface area contributed by atoms with Crippen LogP contribution in [0.25, 0.3) is 0 Å². The molecule has 0 aliphatic rings. The van der Waals surface area contributed by atoms with E-state index in [1.807, 2.05) is 6.07 Å². The smallest absolute Gasteiger partial charge is 0.209 e. The molecule has 0 spiro atoms. The standard InChI is InChI=1S/C9H10N2O4/c10-2-1-3-11(4-8(14)6-12)5-9(15)7-13/h6-7H,1,3-5H2. The van der Waals surface area contributed by atoms with Crippen LogP contribution in [0.1, 0.15) is 6.42 Å². The molecule has 0 bridgehead atoms. The monoisotopic (exact) mass is 210 g/mol. The van der Waals surface area contributed by atoms with Crippen LogP contribution in [0.15, 0.2) is 0 Å². The van der Waals surface area contributed by atoms with Gasteiger partial charge in [0.05, 0.1) is 19.2 Å². The van der Waals surface area contributed by atoms with Gasteiger partial charge in [0.25, 0.3) is 0 Å². The number of nitrogens with zero attached hydrogens (tertiary/aromatic N) is 2. The molecule has 0 unspecified atom stereocenters. The van der Waals surface area contributed by atoms with Gasteiger partial charge >= 0.3 is 0 Å². The number of aldehydes is 2. The summed E-state index contributed by atoms with van der Waals surface area (Å²) in [5.74, 6) is -1.38. The predicted molar refractivity (Wildman–Crippen MR) is 48.8 cm³/mol. The molecule has 0 N–H and O–H groups in total. The Balaban J connectivity index is 4.23. The summed E-state index contributed by atoms with van der Waals surface area (Å²) in [6, 6.07) is 1.84. The van der Waals surface area contributed by atoms with Crippen molar-refractivity contribution in [2.45, 2.75) is 6.42 Å². The Morgan fingerprint density at radius 1 is 1.13 bits per heavy atom. The number of Topliss-reactive ketones (excluding diaryl/α,β-unsaturated/α-hetero) is 2. The molecule has 6 nitrogen and oxygen atoms in total. The Labute approximate surface area is 86.5 Å². The number of hydrogen-bond donors (Lipinski definition) is 0. The van der Waals surface area contributed by atoms with Gasteiger partial charge in [-0.3, -0.25) is 24.1 Å². The van der Waals surface area contributed by atoms with Crippen LogP contribution in [-0.2, 0) is 19.2 Å². The maximum Gasteiger partial charge on any atom is 0.209 e. The van der Waals surface area contributed by atoms with Gasteiger partial charge in [0.2, 0.25) is 11.6 Å². The molecule has 0 heterocycles. The van der Waals surface area contributed by atoms with Crippen molar-refractivity contribution in [3.8, 4) is 6.07 Å². The lowest BCUT2D eigenvalue weighted by Gasteiger charge is -2.16. The highest BCUT2D eigenvalue weighted by atomic mass is 16.2. The van der Waals surface area contributed by atoms with Crippen molar-refractivity contribution >= 4 is 24.1 Å². The van der Waals surface area contributed by atoms with Crippen molar-refractivity contribution in [2.24, 2.45) is 0 Å². The first kappa shape index (κ1) is 13.1. The number of hydrogen-bond acceptors (Lipinski definition) is 6. The summed E-state index contributed by atoms with van der Waals surface area (Å²) < 4.78 is 0. The van der Waals surface area contributed by atoms with E-state index in [2.05, 4.69) is 0 Å². The molecule has 0 aromatic carbocycles. The highest BCUT2D eigenvalue weighted by Gasteiger charge is 2.13. The lowest BCUT2D eigenvalue weighted by molar-refractivity contribution is -0.133. The summed E-state index contributed by atoms with van der Waals surface area (Å²) in [5, 5.41) is 8.31. The van der Waals surface area contributed by atoms with Crippen molar-refractivity contribution in [1.29, 1.82) is 5.26 Å². The van der Waals surface area contributed by atoms with Crippen molar-refractivity contribution in [3.63, 3.8) is 0 Å². The largest absolute Gasteiger partial charge is 0.295 e. The summed E-state index contributed by atoms with van der Waals surface area (Å²) in [4.78, 5) is 43.0. The van der Waals surface area contributed by atoms with Gasteiger partial charge < -0.3 is 0 Å². The number of carbonyl (C=O) groups is 4. The summed E-state index contributed by atoms with van der Waals surface area (Å²) >= 11 is 0. The molecule has 0 saturated heterocycles. The first-order chi connectivity index (χ1) is 7.13. The second kappa shape index (κ2) is 7.53. The van der Waals surface area contributed by atoms with E-state index in [-0.39, 0.29) is 38.6 Å². The van der Waals surface area contributed by atoms with Crippen molar-refractivity contribution < 1.29 is 19.2 Å². The van der Waals surface area contributed by atoms with E-state index >= 15 is 0 Å². The van der Waals surface area contributed by atoms with E-state index in [0.29, 0.717) is 0 Å². The lowest BCUT2D eigenvalue weighted by Crippen LogP contribution is -2.36. The molecular weight excluding hydrogens is 200 g/mol. The highest BCUT2D eigenvalue weighted by molar-refractivity contribution is 6.27. The fraction of sp³-hybridized carbons (Fsp3) is 0.444. The highest BCUT2D eigenvalue weighted by Crippen LogP contribution is 1.91. The first-order valence-corrected chi connectivity index (χ1v) is 4.19. The maximum atomic E-state index is 10.8. The van der Waals surface area contributed by atoms with Crippen LogP contribution in [-0.4, -0.2) is 48.7 Å². The van der Waals surface area contributed by atoms with Gasteiger partial charge in [-0.05, 0) is 0 Å². The van der Waals surface area contributed by atoms with Gasteiger partial charge in [0.1, 0.15) is 0 Å². The Morgan fingerprint density at radius 3 is 1.93 bits per heavy atom. The molecule has 0 saturated carbocycles. The molecule has 0 aliphatic heterocycles. The predicted octanol–water partition coefficient (Wildman–Crippen LogP) is -1.26. The van der Waals surface area contributed by atoms with E-state index in [4.69, 9.17) is 5.26 Å². The third kappa shape index (κ3) is 6.23. The molecule has 0 atom stereocenters. The molecule has 80 valence electrons. The normalized spacial score (nSPS) is 9.33. The Kier molecular flexibility index (Phi) is 6.59. The van der Waals surface area contributed by atoms with Crippen molar-refractivity contribution in [3.05, 3.63) is 0 Å². The molecule has 0 fully saturated rings. The van der Waals surface area contributed by atoms with Gasteiger partial charge in [-0.2, -0.15) is 5.26 Å². The molecule has 0 aromatic rings. The van der Waals surface area contributed by atoms with Crippen LogP contribution in [0, 0.1) is 11.3 Å². The molecule has 0 aromatic heterocycles. The van der Waals surface area contributed by atoms with Crippen LogP contribution in [0.5, 0.6) is 0 Å². The number of nitriles is 1. The van der Waals surface area contributed by atoms with Gasteiger partial charge in [0, 0.05) is 13.0 Å². The van der Waals surface area contributed by atoms with Gasteiger partial charge in [-0.25, -0.2) is 0 Å². The number of ketones is 2. The van der Waals surface area contributed by atoms with Gasteiger partial charge in [0.15, 0.2) is 12.6 Å². The summed E-state index contributed by atoms with van der Waals surface area (Å²) in [5.41, 5.74) is 0. The Morgan fingerprint density at radius 2 is 1.60 bits per heavy atom. The molecule has 0 aliphatic carbocycles. The molecular formula is C9H10N2O4. The summed E-state index contributed by atoms with van der Waals surface area (Å²) in [7, 11) is 0. The summed E-state index contributed by atoms with van der Waals surface area (Å²) in [6.45, 7) is -0.314. The molecule has 0 rings (SSSR count). The van der Waals surface area contributed by atoms with Crippen LogP contribution in [0.3, 0.4) is 0 Å². The average Bonchev–Trinajstić information content (AvgIpc) is 2.25. The first-order valence-electron chi connectivity index (χ1n) is 4.19. The van der Waals surface area contributed by atoms with Gasteiger partial charge in [-0.15, -0.1) is 0 Å². The molecule has 0 radical (unpaired) electrons. The fourth-order valence-electron chi connectivity index (χ4n) is 0.937. The van der Waals surface area contributed by atoms with Crippen molar-refractivity contribution in [2.75, 3.05) is 19.6 Å². The maximum absolute atomic E-state index is 10.8. The second-order valence-electron chi connectivity index (χ2n) is 2.79. The van der Waals surface area contributed by atoms with Crippen LogP contribution < -0.4 is 0 Å². The van der Waals surface area contributed by atoms with E-state index < -0.39 is 11.6 Å². The second-order valence-corrected chi connectivity index (χ2v) is 2.79. The van der Waals surface area contributed by atoms with E-state index in [0.717, 1.165) is 0 Å². The van der Waals surface area contributed by atoms with Crippen molar-refractivity contribution in [1.82, 2.24) is 4.90 Å². The number of carbonyl (C=O) groups excluding carboxylic acids is 4. The Hall–Kier alpha value is -1.87. The lowest BCUT2D eigenvalue weighted by atomic mass is 10.3. The number of rotatable bonds is 8. The zero-order valence-electron chi connectivity index (χ0n) is 8.01. The van der Waals surface area contributed by atoms with Crippen LogP contribution in [0.4, 0.5) is 0 Å². The van der Waals surface area contributed by atoms with Crippen LogP contribution >= 0.6 is 0 Å². The zero-order valence-corrected chi connectivity index (χ0v) is 8.01. The minimum atomic E-state index is -0.688. The minimum Gasteiger partial charge on any atom is -0.295 e. The van der Waals surface area contributed by atoms with E-state index in [9.17, 15) is 19.2 Å². The molecule has 6 heteroatoms. The average molecular weight is 210 g/mol. The van der Waals surface area contributed by atoms with Crippen LogP contribution in [0.2, 0.25) is 0 Å². The van der Waals surface area contributed by atoms with E-state index in [1.54, 1.807) is 0 Å². The molecule has 0 amide bonds. The molecule has 15 heavy (non-hydrogen) atoms. The van der Waals surface area contributed by atoms with Gasteiger partial charge in [-0.1, -0.05) is 0 Å². The Bertz CT molecular complexity index is 284. The third-order valence-corrected chi connectivity index (χ3v) is 1.56. The minimum absolute atomic E-state index is 0.123. The van der Waals surface area contributed by atoms with E-state index in [1.165, 1.54) is 4.90 Å². The zero-order chi connectivity index (χ0) is 11.7. The fourth-order valence-corrected chi connectivity index (χ4v) is 0.937. The quantitative estimate of drug-likeness (QED) is 0.366.